The predicted octanol–water partition coefficient (Wildman–Crippen LogP) is 2.47. The van der Waals surface area contributed by atoms with Crippen molar-refractivity contribution < 1.29 is 4.79 Å². The molecule has 13 heavy (non-hydrogen) atoms. The first-order valence-electron chi connectivity index (χ1n) is 4.69. The van der Waals surface area contributed by atoms with E-state index in [1.54, 1.807) is 7.05 Å². The number of alkyl halides is 1. The number of hydrogen-bond acceptors (Lipinski definition) is 1. The Bertz CT molecular complexity index is 182. The summed E-state index contributed by atoms with van der Waals surface area (Å²) in [6, 6.07) is 0. The highest BCUT2D eigenvalue weighted by Gasteiger charge is 2.40. The molecule has 0 aromatic rings. The van der Waals surface area contributed by atoms with Crippen LogP contribution in [0.1, 0.15) is 27.7 Å². The summed E-state index contributed by atoms with van der Waals surface area (Å²) in [5.74, 6) is 0.942. The van der Waals surface area contributed by atoms with Gasteiger partial charge in [0.15, 0.2) is 0 Å². The molecule has 0 heterocycles. The van der Waals surface area contributed by atoms with Gasteiger partial charge in [-0.15, -0.1) is 0 Å². The molecule has 1 amide bonds. The number of hydrogen-bond donors (Lipinski definition) is 1. The van der Waals surface area contributed by atoms with Crippen LogP contribution in [-0.2, 0) is 4.79 Å². The summed E-state index contributed by atoms with van der Waals surface area (Å²) in [5.41, 5.74) is -0.240. The fourth-order valence-corrected chi connectivity index (χ4v) is 2.40. The lowest BCUT2D eigenvalue weighted by Gasteiger charge is -2.36. The third-order valence-corrected chi connectivity index (χ3v) is 4.49. The molecule has 3 heteroatoms. The maximum absolute atomic E-state index is 11.8. The number of carbonyl (C=O) groups excluding carboxylic acids is 1. The van der Waals surface area contributed by atoms with Crippen LogP contribution in [0.2, 0.25) is 0 Å². The van der Waals surface area contributed by atoms with E-state index in [0.29, 0.717) is 11.8 Å². The van der Waals surface area contributed by atoms with Gasteiger partial charge in [-0.25, -0.2) is 0 Å². The average molecular weight is 297 g/mol. The van der Waals surface area contributed by atoms with Crippen molar-refractivity contribution >= 4 is 28.5 Å². The van der Waals surface area contributed by atoms with Crippen LogP contribution >= 0.6 is 22.6 Å². The lowest BCUT2D eigenvalue weighted by molar-refractivity contribution is -0.134. The maximum Gasteiger partial charge on any atom is 0.226 e. The Hall–Kier alpha value is 0.200. The molecule has 2 atom stereocenters. The number of halogens is 1. The Labute approximate surface area is 95.0 Å². The normalized spacial score (nSPS) is 18.1. The van der Waals surface area contributed by atoms with E-state index in [1.807, 2.05) is 0 Å². The summed E-state index contributed by atoms with van der Waals surface area (Å²) in [6.45, 7) is 8.41. The van der Waals surface area contributed by atoms with Crippen LogP contribution in [0.4, 0.5) is 0 Å². The Morgan fingerprint density at radius 3 is 2.15 bits per heavy atom. The number of amides is 1. The van der Waals surface area contributed by atoms with E-state index in [2.05, 4.69) is 55.6 Å². The minimum atomic E-state index is -0.240. The zero-order valence-corrected chi connectivity index (χ0v) is 11.3. The smallest absolute Gasteiger partial charge is 0.226 e. The highest BCUT2D eigenvalue weighted by molar-refractivity contribution is 14.1. The van der Waals surface area contributed by atoms with Crippen molar-refractivity contribution in [1.29, 1.82) is 0 Å². The lowest BCUT2D eigenvalue weighted by Crippen LogP contribution is -2.45. The second-order valence-corrected chi connectivity index (χ2v) is 4.95. The van der Waals surface area contributed by atoms with Crippen molar-refractivity contribution in [2.45, 2.75) is 27.7 Å². The number of rotatable bonds is 4. The topological polar surface area (TPSA) is 29.1 Å². The molecule has 0 aromatic heterocycles. The van der Waals surface area contributed by atoms with Gasteiger partial charge >= 0.3 is 0 Å². The van der Waals surface area contributed by atoms with Gasteiger partial charge < -0.3 is 5.32 Å². The predicted molar refractivity (Wildman–Crippen MR) is 65.1 cm³/mol. The fraction of sp³-hybridized carbons (Fsp3) is 0.900. The van der Waals surface area contributed by atoms with Gasteiger partial charge in [0.05, 0.1) is 5.41 Å². The Morgan fingerprint density at radius 1 is 1.46 bits per heavy atom. The van der Waals surface area contributed by atoms with Crippen LogP contribution in [0, 0.1) is 17.3 Å². The molecule has 0 aliphatic heterocycles. The number of nitrogens with one attached hydrogen (secondary N) is 1. The average Bonchev–Trinajstić information content (AvgIpc) is 2.13. The van der Waals surface area contributed by atoms with Gasteiger partial charge in [0.25, 0.3) is 0 Å². The Morgan fingerprint density at radius 2 is 1.92 bits per heavy atom. The van der Waals surface area contributed by atoms with Crippen molar-refractivity contribution in [1.82, 2.24) is 5.32 Å². The second-order valence-electron chi connectivity index (χ2n) is 4.07. The standard InChI is InChI=1S/C10H20INO/c1-7(2)10(4,8(3)6-11)9(13)12-5/h7-8H,6H2,1-5H3,(H,12,13). The van der Waals surface area contributed by atoms with Crippen molar-refractivity contribution in [2.75, 3.05) is 11.5 Å². The van der Waals surface area contributed by atoms with Crippen molar-refractivity contribution in [3.05, 3.63) is 0 Å². The van der Waals surface area contributed by atoms with Crippen molar-refractivity contribution in [2.24, 2.45) is 17.3 Å². The summed E-state index contributed by atoms with van der Waals surface area (Å²) in [4.78, 5) is 11.8. The van der Waals surface area contributed by atoms with E-state index < -0.39 is 0 Å². The molecule has 0 aromatic carbocycles. The molecule has 1 N–H and O–H groups in total. The van der Waals surface area contributed by atoms with E-state index in [4.69, 9.17) is 0 Å². The summed E-state index contributed by atoms with van der Waals surface area (Å²) >= 11 is 2.34. The third-order valence-electron chi connectivity index (χ3n) is 3.17. The molecular formula is C10H20INO. The molecule has 2 unspecified atom stereocenters. The molecule has 0 saturated carbocycles. The molecule has 0 spiro atoms. The lowest BCUT2D eigenvalue weighted by atomic mass is 9.70. The Balaban J connectivity index is 4.83. The fourth-order valence-electron chi connectivity index (χ4n) is 1.48. The van der Waals surface area contributed by atoms with Gasteiger partial charge in [-0.05, 0) is 11.8 Å². The highest BCUT2D eigenvalue weighted by Crippen LogP contribution is 2.36. The molecule has 0 radical (unpaired) electrons. The van der Waals surface area contributed by atoms with Gasteiger partial charge in [-0.1, -0.05) is 50.3 Å². The van der Waals surface area contributed by atoms with Crippen LogP contribution in [0.25, 0.3) is 0 Å². The second kappa shape index (κ2) is 5.17. The summed E-state index contributed by atoms with van der Waals surface area (Å²) in [7, 11) is 1.71. The highest BCUT2D eigenvalue weighted by atomic mass is 127. The largest absolute Gasteiger partial charge is 0.359 e. The minimum Gasteiger partial charge on any atom is -0.359 e. The summed E-state index contributed by atoms with van der Waals surface area (Å²) in [6.07, 6.45) is 0. The van der Waals surface area contributed by atoms with Crippen LogP contribution in [0.3, 0.4) is 0 Å². The van der Waals surface area contributed by atoms with Gasteiger partial charge in [0, 0.05) is 11.5 Å². The first-order valence-corrected chi connectivity index (χ1v) is 6.21. The van der Waals surface area contributed by atoms with Crippen LogP contribution in [0.5, 0.6) is 0 Å². The zero-order chi connectivity index (χ0) is 10.6. The maximum atomic E-state index is 11.8. The zero-order valence-electron chi connectivity index (χ0n) is 9.15. The van der Waals surface area contributed by atoms with Crippen molar-refractivity contribution in [3.8, 4) is 0 Å². The van der Waals surface area contributed by atoms with Gasteiger partial charge in [0.2, 0.25) is 5.91 Å². The van der Waals surface area contributed by atoms with Gasteiger partial charge in [-0.2, -0.15) is 0 Å². The van der Waals surface area contributed by atoms with Gasteiger partial charge in [-0.3, -0.25) is 4.79 Å². The summed E-state index contributed by atoms with van der Waals surface area (Å²) < 4.78 is 1.01. The quantitative estimate of drug-likeness (QED) is 0.627. The van der Waals surface area contributed by atoms with Crippen LogP contribution in [-0.4, -0.2) is 17.4 Å². The van der Waals surface area contributed by atoms with E-state index in [-0.39, 0.29) is 11.3 Å². The monoisotopic (exact) mass is 297 g/mol. The van der Waals surface area contributed by atoms with Crippen molar-refractivity contribution in [3.63, 3.8) is 0 Å². The minimum absolute atomic E-state index is 0.159. The van der Waals surface area contributed by atoms with E-state index in [0.717, 1.165) is 4.43 Å². The van der Waals surface area contributed by atoms with Gasteiger partial charge in [0.1, 0.15) is 0 Å². The molecule has 78 valence electrons. The van der Waals surface area contributed by atoms with E-state index in [9.17, 15) is 4.79 Å². The molecule has 0 saturated heterocycles. The molecule has 0 rings (SSSR count). The SMILES string of the molecule is CNC(=O)C(C)(C(C)C)C(C)CI. The third kappa shape index (κ3) is 2.58. The molecule has 2 nitrogen and oxygen atoms in total. The van der Waals surface area contributed by atoms with E-state index >= 15 is 0 Å². The number of carbonyl (C=O) groups is 1. The first-order chi connectivity index (χ1) is 5.91. The van der Waals surface area contributed by atoms with Crippen LogP contribution < -0.4 is 5.32 Å². The Kier molecular flexibility index (Phi) is 5.25. The molecule has 0 bridgehead atoms. The molecule has 0 fully saturated rings. The summed E-state index contributed by atoms with van der Waals surface area (Å²) in [5, 5.41) is 2.76. The first kappa shape index (κ1) is 13.2. The molecule has 0 aliphatic rings. The van der Waals surface area contributed by atoms with Crippen LogP contribution in [0.15, 0.2) is 0 Å². The van der Waals surface area contributed by atoms with E-state index in [1.165, 1.54) is 0 Å². The molecular weight excluding hydrogens is 277 g/mol. The molecule has 0 aliphatic carbocycles.